The molecular weight excluding hydrogens is 192 g/mol. The Balaban J connectivity index is 0.000000423. The van der Waals surface area contributed by atoms with E-state index >= 15 is 0 Å². The van der Waals surface area contributed by atoms with Gasteiger partial charge in [0.1, 0.15) is 0 Å². The first kappa shape index (κ1) is 14.0. The molecule has 0 saturated heterocycles. The van der Waals surface area contributed by atoms with Gasteiger partial charge in [-0.3, -0.25) is 0 Å². The Bertz CT molecular complexity index is 177. The topological polar surface area (TPSA) is 57.5 Å². The molecule has 0 aliphatic heterocycles. The quantitative estimate of drug-likeness (QED) is 0.694. The van der Waals surface area contributed by atoms with E-state index < -0.39 is 6.16 Å². The van der Waals surface area contributed by atoms with Crippen LogP contribution in [-0.2, 0) is 0 Å². The van der Waals surface area contributed by atoms with Gasteiger partial charge in [0.25, 0.3) is 0 Å². The number of hydrogen-bond donors (Lipinski definition) is 2. The molecule has 88 valence electrons. The van der Waals surface area contributed by atoms with E-state index in [1.54, 1.807) is 0 Å². The lowest BCUT2D eigenvalue weighted by Gasteiger charge is -2.17. The van der Waals surface area contributed by atoms with E-state index in [2.05, 4.69) is 19.1 Å². The van der Waals surface area contributed by atoms with Gasteiger partial charge in [-0.1, -0.05) is 44.8 Å². The number of unbranched alkanes of at least 4 members (excludes halogenated alkanes) is 1. The normalized spacial score (nSPS) is 17.1. The van der Waals surface area contributed by atoms with Crippen molar-refractivity contribution in [1.29, 1.82) is 0 Å². The van der Waals surface area contributed by atoms with Crippen molar-refractivity contribution < 1.29 is 15.0 Å². The van der Waals surface area contributed by atoms with Crippen LogP contribution in [0, 0.1) is 5.92 Å². The Morgan fingerprint density at radius 1 is 1.27 bits per heavy atom. The fraction of sp³-hybridized carbons (Fsp3) is 0.750. The summed E-state index contributed by atoms with van der Waals surface area (Å²) in [7, 11) is 0. The first-order valence-electron chi connectivity index (χ1n) is 5.75. The molecule has 15 heavy (non-hydrogen) atoms. The van der Waals surface area contributed by atoms with Crippen LogP contribution < -0.4 is 0 Å². The maximum absolute atomic E-state index is 8.56. The van der Waals surface area contributed by atoms with E-state index in [9.17, 15) is 0 Å². The molecule has 2 N–H and O–H groups in total. The fourth-order valence-corrected chi connectivity index (χ4v) is 1.78. The summed E-state index contributed by atoms with van der Waals surface area (Å²) in [4.78, 5) is 8.56. The maximum atomic E-state index is 8.56. The molecule has 0 spiro atoms. The zero-order valence-corrected chi connectivity index (χ0v) is 9.48. The number of allylic oxidation sites excluding steroid dienone is 2. The molecule has 3 nitrogen and oxygen atoms in total. The van der Waals surface area contributed by atoms with Crippen LogP contribution in [0.25, 0.3) is 0 Å². The third-order valence-corrected chi connectivity index (χ3v) is 2.51. The van der Waals surface area contributed by atoms with Crippen LogP contribution in [0.3, 0.4) is 0 Å². The van der Waals surface area contributed by atoms with Crippen molar-refractivity contribution in [2.45, 2.75) is 51.9 Å². The average molecular weight is 214 g/mol. The largest absolute Gasteiger partial charge is 0.503 e. The molecule has 0 aromatic heterocycles. The third-order valence-electron chi connectivity index (χ3n) is 2.51. The lowest BCUT2D eigenvalue weighted by molar-refractivity contribution is 0.137. The number of carboxylic acid groups (broad SMARTS) is 2. The maximum Gasteiger partial charge on any atom is 0.503 e. The van der Waals surface area contributed by atoms with Crippen molar-refractivity contribution in [3.8, 4) is 0 Å². The molecule has 1 fully saturated rings. The van der Waals surface area contributed by atoms with E-state index in [4.69, 9.17) is 15.0 Å². The molecule has 1 saturated carbocycles. The minimum Gasteiger partial charge on any atom is -0.450 e. The Hall–Kier alpha value is -0.990. The van der Waals surface area contributed by atoms with Crippen LogP contribution in [0.2, 0.25) is 0 Å². The Morgan fingerprint density at radius 2 is 1.80 bits per heavy atom. The minimum atomic E-state index is -1.83. The highest BCUT2D eigenvalue weighted by atomic mass is 16.6. The van der Waals surface area contributed by atoms with Crippen molar-refractivity contribution >= 4 is 6.16 Å². The predicted molar refractivity (Wildman–Crippen MR) is 61.3 cm³/mol. The van der Waals surface area contributed by atoms with E-state index in [0.29, 0.717) is 0 Å². The van der Waals surface area contributed by atoms with E-state index in [1.165, 1.54) is 44.9 Å². The number of rotatable bonds is 3. The Kier molecular flexibility index (Phi) is 8.93. The highest BCUT2D eigenvalue weighted by molar-refractivity contribution is 5.53. The van der Waals surface area contributed by atoms with Crippen molar-refractivity contribution in [2.24, 2.45) is 5.92 Å². The van der Waals surface area contributed by atoms with Crippen LogP contribution in [0.4, 0.5) is 4.79 Å². The summed E-state index contributed by atoms with van der Waals surface area (Å²) < 4.78 is 0. The average Bonchev–Trinajstić information content (AvgIpc) is 2.19. The molecule has 3 heteroatoms. The molecule has 1 aliphatic carbocycles. The van der Waals surface area contributed by atoms with Crippen LogP contribution in [0.5, 0.6) is 0 Å². The van der Waals surface area contributed by atoms with E-state index in [-0.39, 0.29) is 0 Å². The molecule has 0 bridgehead atoms. The summed E-state index contributed by atoms with van der Waals surface area (Å²) >= 11 is 0. The fourth-order valence-electron chi connectivity index (χ4n) is 1.78. The van der Waals surface area contributed by atoms with Crippen molar-refractivity contribution in [2.75, 3.05) is 0 Å². The summed E-state index contributed by atoms with van der Waals surface area (Å²) in [5.41, 5.74) is 0. The minimum absolute atomic E-state index is 0.926. The first-order chi connectivity index (χ1) is 7.16. The molecule has 0 radical (unpaired) electrons. The standard InChI is InChI=1S/C11H20.CH2O3/c1-2-3-5-8-11-9-6-4-7-10-11;2-1(3)4/h5,8,11H,2-4,6-7,9-10H2,1H3;(H2,2,3,4)/b8-5+;. The van der Waals surface area contributed by atoms with Crippen LogP contribution in [0.15, 0.2) is 12.2 Å². The molecule has 0 aromatic carbocycles. The zero-order chi connectivity index (χ0) is 11.5. The SMILES string of the molecule is CCC/C=C/C1CCCCC1.O=C(O)O. The lowest BCUT2D eigenvalue weighted by atomic mass is 9.89. The molecule has 0 amide bonds. The van der Waals surface area contributed by atoms with Gasteiger partial charge < -0.3 is 10.2 Å². The van der Waals surface area contributed by atoms with E-state index in [1.807, 2.05) is 0 Å². The van der Waals surface area contributed by atoms with Gasteiger partial charge in [0.15, 0.2) is 0 Å². The van der Waals surface area contributed by atoms with Gasteiger partial charge in [-0.2, -0.15) is 0 Å². The second kappa shape index (κ2) is 9.56. The van der Waals surface area contributed by atoms with Gasteiger partial charge in [-0.15, -0.1) is 0 Å². The molecule has 1 rings (SSSR count). The molecule has 0 atom stereocenters. The summed E-state index contributed by atoms with van der Waals surface area (Å²) in [5.74, 6) is 0.926. The van der Waals surface area contributed by atoms with Gasteiger partial charge in [0, 0.05) is 0 Å². The Labute approximate surface area is 91.8 Å². The number of carbonyl (C=O) groups is 1. The summed E-state index contributed by atoms with van der Waals surface area (Å²) in [5, 5.41) is 13.9. The number of hydrogen-bond acceptors (Lipinski definition) is 1. The van der Waals surface area contributed by atoms with Crippen molar-refractivity contribution in [3.63, 3.8) is 0 Å². The van der Waals surface area contributed by atoms with Gasteiger partial charge >= 0.3 is 6.16 Å². The van der Waals surface area contributed by atoms with Crippen molar-refractivity contribution in [1.82, 2.24) is 0 Å². The van der Waals surface area contributed by atoms with Crippen LogP contribution >= 0.6 is 0 Å². The van der Waals surface area contributed by atoms with Crippen molar-refractivity contribution in [3.05, 3.63) is 12.2 Å². The zero-order valence-electron chi connectivity index (χ0n) is 9.48. The molecular formula is C12H22O3. The summed E-state index contributed by atoms with van der Waals surface area (Å²) in [6, 6.07) is 0. The monoisotopic (exact) mass is 214 g/mol. The van der Waals surface area contributed by atoms with Gasteiger partial charge in [-0.25, -0.2) is 4.79 Å². The second-order valence-electron chi connectivity index (χ2n) is 3.90. The first-order valence-corrected chi connectivity index (χ1v) is 5.75. The molecule has 0 unspecified atom stereocenters. The van der Waals surface area contributed by atoms with Crippen LogP contribution in [-0.4, -0.2) is 16.4 Å². The molecule has 0 heterocycles. The highest BCUT2D eigenvalue weighted by Gasteiger charge is 2.08. The summed E-state index contributed by atoms with van der Waals surface area (Å²) in [6.07, 6.45) is 12.8. The van der Waals surface area contributed by atoms with E-state index in [0.717, 1.165) is 5.92 Å². The highest BCUT2D eigenvalue weighted by Crippen LogP contribution is 2.24. The second-order valence-corrected chi connectivity index (χ2v) is 3.90. The van der Waals surface area contributed by atoms with Gasteiger partial charge in [0.2, 0.25) is 0 Å². The van der Waals surface area contributed by atoms with Gasteiger partial charge in [0.05, 0.1) is 0 Å². The third kappa shape index (κ3) is 10.9. The van der Waals surface area contributed by atoms with Gasteiger partial charge in [-0.05, 0) is 25.2 Å². The molecule has 0 aromatic rings. The van der Waals surface area contributed by atoms with Crippen LogP contribution in [0.1, 0.15) is 51.9 Å². The lowest BCUT2D eigenvalue weighted by Crippen LogP contribution is -2.02. The predicted octanol–water partition coefficient (Wildman–Crippen LogP) is 4.15. The summed E-state index contributed by atoms with van der Waals surface area (Å²) in [6.45, 7) is 2.24. The molecule has 1 aliphatic rings. The Morgan fingerprint density at radius 3 is 2.27 bits per heavy atom. The smallest absolute Gasteiger partial charge is 0.450 e.